The highest BCUT2D eigenvalue weighted by molar-refractivity contribution is 5.97. The summed E-state index contributed by atoms with van der Waals surface area (Å²) in [6, 6.07) is 13.1. The highest BCUT2D eigenvalue weighted by atomic mass is 16.5. The molecule has 1 spiro atoms. The van der Waals surface area contributed by atoms with Crippen molar-refractivity contribution in [3.63, 3.8) is 0 Å². The summed E-state index contributed by atoms with van der Waals surface area (Å²) in [6.45, 7) is 8.24. The van der Waals surface area contributed by atoms with Crippen LogP contribution in [0.25, 0.3) is 0 Å². The Hall–Kier alpha value is -3.37. The Kier molecular flexibility index (Phi) is 6.39. The van der Waals surface area contributed by atoms with Gasteiger partial charge < -0.3 is 20.3 Å². The molecule has 2 aromatic carbocycles. The second kappa shape index (κ2) is 9.24. The molecule has 2 aliphatic heterocycles. The van der Waals surface area contributed by atoms with Gasteiger partial charge in [0, 0.05) is 30.9 Å². The summed E-state index contributed by atoms with van der Waals surface area (Å²) in [5.41, 5.74) is 4.56. The van der Waals surface area contributed by atoms with E-state index in [0.29, 0.717) is 61.8 Å². The summed E-state index contributed by atoms with van der Waals surface area (Å²) >= 11 is 0. The Balaban J connectivity index is 1.43. The van der Waals surface area contributed by atoms with E-state index in [0.717, 1.165) is 16.7 Å². The number of rotatable bonds is 4. The number of amides is 3. The van der Waals surface area contributed by atoms with Crippen molar-refractivity contribution in [2.24, 2.45) is 5.92 Å². The number of fused-ring (bicyclic) bond motifs is 2. The van der Waals surface area contributed by atoms with E-state index in [4.69, 9.17) is 10.00 Å². The van der Waals surface area contributed by atoms with Crippen LogP contribution >= 0.6 is 0 Å². The SMILES string of the molecule is Cc1ccc(C(=O)N2CCC3(CC2)OCc2cc(C#N)ccc23)cc1NC(=O)NCC(C)C. The van der Waals surface area contributed by atoms with Gasteiger partial charge in [0.1, 0.15) is 0 Å². The fourth-order valence-electron chi connectivity index (χ4n) is 4.54. The molecule has 1 fully saturated rings. The summed E-state index contributed by atoms with van der Waals surface area (Å²) in [7, 11) is 0. The molecule has 0 unspecified atom stereocenters. The van der Waals surface area contributed by atoms with Crippen LogP contribution < -0.4 is 10.6 Å². The number of aryl methyl sites for hydroxylation is 1. The fourth-order valence-corrected chi connectivity index (χ4v) is 4.54. The molecule has 0 aromatic heterocycles. The number of carbonyl (C=O) groups is 2. The zero-order valence-corrected chi connectivity index (χ0v) is 19.4. The Bertz CT molecular complexity index is 1110. The first-order chi connectivity index (χ1) is 15.8. The maximum atomic E-state index is 13.2. The molecule has 4 rings (SSSR count). The quantitative estimate of drug-likeness (QED) is 0.732. The average Bonchev–Trinajstić information content (AvgIpc) is 3.16. The minimum absolute atomic E-state index is 0.0477. The predicted molar refractivity (Wildman–Crippen MR) is 126 cm³/mol. The molecule has 2 heterocycles. The third-order valence-corrected chi connectivity index (χ3v) is 6.49. The van der Waals surface area contributed by atoms with E-state index in [1.54, 1.807) is 6.07 Å². The molecule has 2 aromatic rings. The zero-order chi connectivity index (χ0) is 23.6. The first-order valence-electron chi connectivity index (χ1n) is 11.4. The number of hydrogen-bond donors (Lipinski definition) is 2. The van der Waals surface area contributed by atoms with E-state index >= 15 is 0 Å². The Labute approximate surface area is 194 Å². The number of carbonyl (C=O) groups excluding carboxylic acids is 2. The highest BCUT2D eigenvalue weighted by Crippen LogP contribution is 2.44. The number of anilines is 1. The van der Waals surface area contributed by atoms with E-state index in [-0.39, 0.29) is 17.5 Å². The van der Waals surface area contributed by atoms with Crippen LogP contribution in [0.3, 0.4) is 0 Å². The molecule has 0 atom stereocenters. The smallest absolute Gasteiger partial charge is 0.319 e. The van der Waals surface area contributed by atoms with E-state index in [1.165, 1.54) is 0 Å². The first-order valence-corrected chi connectivity index (χ1v) is 11.4. The summed E-state index contributed by atoms with van der Waals surface area (Å²) in [5.74, 6) is 0.310. The van der Waals surface area contributed by atoms with Crippen molar-refractivity contribution in [3.8, 4) is 6.07 Å². The summed E-state index contributed by atoms with van der Waals surface area (Å²) in [5, 5.41) is 14.8. The van der Waals surface area contributed by atoms with Gasteiger partial charge in [0.25, 0.3) is 5.91 Å². The second-order valence-electron chi connectivity index (χ2n) is 9.32. The maximum absolute atomic E-state index is 13.2. The second-order valence-corrected chi connectivity index (χ2v) is 9.32. The molecule has 1 saturated heterocycles. The van der Waals surface area contributed by atoms with Crippen molar-refractivity contribution >= 4 is 17.6 Å². The molecule has 0 bridgehead atoms. The van der Waals surface area contributed by atoms with Gasteiger partial charge in [-0.25, -0.2) is 4.79 Å². The molecular weight excluding hydrogens is 416 g/mol. The Morgan fingerprint density at radius 2 is 1.94 bits per heavy atom. The normalized spacial score (nSPS) is 16.4. The number of nitrogens with one attached hydrogen (secondary N) is 2. The van der Waals surface area contributed by atoms with Gasteiger partial charge in [0.2, 0.25) is 0 Å². The van der Waals surface area contributed by atoms with Crippen molar-refractivity contribution in [2.45, 2.75) is 45.8 Å². The number of piperidine rings is 1. The Morgan fingerprint density at radius 1 is 1.18 bits per heavy atom. The highest BCUT2D eigenvalue weighted by Gasteiger charge is 2.43. The van der Waals surface area contributed by atoms with Crippen LogP contribution in [-0.2, 0) is 16.9 Å². The third kappa shape index (κ3) is 4.71. The topological polar surface area (TPSA) is 94.5 Å². The van der Waals surface area contributed by atoms with Crippen LogP contribution in [0.2, 0.25) is 0 Å². The van der Waals surface area contributed by atoms with Crippen LogP contribution in [0.5, 0.6) is 0 Å². The first kappa shape index (κ1) is 22.8. The van der Waals surface area contributed by atoms with Crippen LogP contribution in [0.15, 0.2) is 36.4 Å². The van der Waals surface area contributed by atoms with Gasteiger partial charge in [-0.2, -0.15) is 5.26 Å². The number of hydrogen-bond acceptors (Lipinski definition) is 4. The van der Waals surface area contributed by atoms with Crippen molar-refractivity contribution in [2.75, 3.05) is 25.0 Å². The van der Waals surface area contributed by atoms with Gasteiger partial charge in [0.15, 0.2) is 0 Å². The summed E-state index contributed by atoms with van der Waals surface area (Å²) in [6.07, 6.45) is 1.43. The summed E-state index contributed by atoms with van der Waals surface area (Å²) in [4.78, 5) is 27.3. The molecule has 0 aliphatic carbocycles. The number of urea groups is 1. The van der Waals surface area contributed by atoms with E-state index in [1.807, 2.05) is 56.0 Å². The van der Waals surface area contributed by atoms with Crippen LogP contribution in [0, 0.1) is 24.2 Å². The van der Waals surface area contributed by atoms with Gasteiger partial charge in [-0.1, -0.05) is 26.0 Å². The van der Waals surface area contributed by atoms with Crippen LogP contribution in [-0.4, -0.2) is 36.5 Å². The number of nitriles is 1. The molecule has 7 nitrogen and oxygen atoms in total. The lowest BCUT2D eigenvalue weighted by Crippen LogP contribution is -2.45. The number of nitrogens with zero attached hydrogens (tertiary/aromatic N) is 2. The lowest BCUT2D eigenvalue weighted by atomic mass is 9.83. The van der Waals surface area contributed by atoms with Crippen molar-refractivity contribution in [3.05, 3.63) is 64.2 Å². The molecule has 0 radical (unpaired) electrons. The van der Waals surface area contributed by atoms with Gasteiger partial charge in [0.05, 0.1) is 23.8 Å². The lowest BCUT2D eigenvalue weighted by molar-refractivity contribution is -0.0741. The van der Waals surface area contributed by atoms with Crippen molar-refractivity contribution in [1.82, 2.24) is 10.2 Å². The number of ether oxygens (including phenoxy) is 1. The van der Waals surface area contributed by atoms with E-state index < -0.39 is 0 Å². The molecule has 7 heteroatoms. The molecule has 172 valence electrons. The molecule has 2 aliphatic rings. The van der Waals surface area contributed by atoms with Crippen molar-refractivity contribution < 1.29 is 14.3 Å². The minimum Gasteiger partial charge on any atom is -0.365 e. The van der Waals surface area contributed by atoms with Gasteiger partial charge in [-0.15, -0.1) is 0 Å². The molecular formula is C26H30N4O3. The molecule has 0 saturated carbocycles. The molecule has 3 amide bonds. The average molecular weight is 447 g/mol. The standard InChI is InChI=1S/C26H30N4O3/c1-17(2)15-28-25(32)29-23-13-20(6-4-18(23)3)24(31)30-10-8-26(9-11-30)22-7-5-19(14-27)12-21(22)16-33-26/h4-7,12-13,17H,8-11,15-16H2,1-3H3,(H2,28,29,32). The van der Waals surface area contributed by atoms with Gasteiger partial charge in [-0.3, -0.25) is 4.79 Å². The van der Waals surface area contributed by atoms with Gasteiger partial charge >= 0.3 is 6.03 Å². The Morgan fingerprint density at radius 3 is 2.64 bits per heavy atom. The number of likely N-dealkylation sites (tertiary alicyclic amines) is 1. The predicted octanol–water partition coefficient (Wildman–Crippen LogP) is 4.31. The summed E-state index contributed by atoms with van der Waals surface area (Å²) < 4.78 is 6.20. The van der Waals surface area contributed by atoms with Crippen LogP contribution in [0.4, 0.5) is 10.5 Å². The third-order valence-electron chi connectivity index (χ3n) is 6.49. The largest absolute Gasteiger partial charge is 0.365 e. The van der Waals surface area contributed by atoms with Crippen molar-refractivity contribution in [1.29, 1.82) is 5.26 Å². The lowest BCUT2D eigenvalue weighted by Gasteiger charge is -2.39. The van der Waals surface area contributed by atoms with Gasteiger partial charge in [-0.05, 0) is 66.6 Å². The van der Waals surface area contributed by atoms with E-state index in [9.17, 15) is 9.59 Å². The maximum Gasteiger partial charge on any atom is 0.319 e. The minimum atomic E-state index is -0.380. The monoisotopic (exact) mass is 446 g/mol. The van der Waals surface area contributed by atoms with E-state index in [2.05, 4.69) is 16.7 Å². The molecule has 2 N–H and O–H groups in total. The zero-order valence-electron chi connectivity index (χ0n) is 19.4. The molecule has 33 heavy (non-hydrogen) atoms. The van der Waals surface area contributed by atoms with Crippen LogP contribution in [0.1, 0.15) is 59.3 Å². The fraction of sp³-hybridized carbons (Fsp3) is 0.423. The number of benzene rings is 2.